The summed E-state index contributed by atoms with van der Waals surface area (Å²) in [6, 6.07) is 0. The van der Waals surface area contributed by atoms with E-state index in [9.17, 15) is 9.90 Å². The van der Waals surface area contributed by atoms with Gasteiger partial charge in [-0.2, -0.15) is 0 Å². The largest absolute Gasteiger partial charge is 0.469 e. The second-order valence-corrected chi connectivity index (χ2v) is 3.31. The van der Waals surface area contributed by atoms with E-state index < -0.39 is 12.1 Å². The van der Waals surface area contributed by atoms with Crippen LogP contribution in [0.15, 0.2) is 6.20 Å². The molecule has 0 fully saturated rings. The van der Waals surface area contributed by atoms with Crippen LogP contribution in [0.25, 0.3) is 0 Å². The molecule has 0 saturated carbocycles. The number of nitrogens with one attached hydrogen (secondary N) is 1. The van der Waals surface area contributed by atoms with Crippen molar-refractivity contribution in [2.45, 2.75) is 26.4 Å². The summed E-state index contributed by atoms with van der Waals surface area (Å²) in [6.45, 7) is 3.75. The molecule has 0 radical (unpaired) electrons. The molecular weight excluding hydrogens is 182 g/mol. The molecule has 4 heteroatoms. The SMILES string of the molecule is COC(=O)C[C@@H](O)c1c(C)c[nH]c1C. The van der Waals surface area contributed by atoms with Gasteiger partial charge in [-0.3, -0.25) is 4.79 Å². The molecule has 0 spiro atoms. The molecule has 0 aliphatic carbocycles. The number of aromatic nitrogens is 1. The minimum absolute atomic E-state index is 0.00394. The lowest BCUT2D eigenvalue weighted by molar-refractivity contribution is -0.142. The number of hydrogen-bond donors (Lipinski definition) is 2. The van der Waals surface area contributed by atoms with Gasteiger partial charge in [-0.15, -0.1) is 0 Å². The number of esters is 1. The van der Waals surface area contributed by atoms with Crippen molar-refractivity contribution in [1.29, 1.82) is 0 Å². The van der Waals surface area contributed by atoms with Crippen molar-refractivity contribution >= 4 is 5.97 Å². The van der Waals surface area contributed by atoms with Crippen molar-refractivity contribution in [2.24, 2.45) is 0 Å². The molecule has 1 rings (SSSR count). The minimum atomic E-state index is -0.784. The third-order valence-corrected chi connectivity index (χ3v) is 2.25. The van der Waals surface area contributed by atoms with E-state index in [1.54, 1.807) is 0 Å². The fourth-order valence-electron chi connectivity index (χ4n) is 1.52. The third-order valence-electron chi connectivity index (χ3n) is 2.25. The summed E-state index contributed by atoms with van der Waals surface area (Å²) in [6.07, 6.45) is 1.02. The fourth-order valence-corrected chi connectivity index (χ4v) is 1.52. The van der Waals surface area contributed by atoms with Gasteiger partial charge in [-0.05, 0) is 19.4 Å². The number of carbonyl (C=O) groups excluding carboxylic acids is 1. The topological polar surface area (TPSA) is 62.3 Å². The predicted octanol–water partition coefficient (Wildman–Crippen LogP) is 1.23. The van der Waals surface area contributed by atoms with E-state index in [4.69, 9.17) is 0 Å². The molecule has 0 aliphatic rings. The zero-order valence-electron chi connectivity index (χ0n) is 8.63. The van der Waals surface area contributed by atoms with Gasteiger partial charge in [0.2, 0.25) is 0 Å². The van der Waals surface area contributed by atoms with E-state index in [2.05, 4.69) is 9.72 Å². The number of aryl methyl sites for hydroxylation is 2. The van der Waals surface area contributed by atoms with Crippen molar-refractivity contribution in [3.05, 3.63) is 23.0 Å². The van der Waals surface area contributed by atoms with Crippen LogP contribution in [0.1, 0.15) is 29.3 Å². The van der Waals surface area contributed by atoms with Crippen molar-refractivity contribution in [3.63, 3.8) is 0 Å². The summed E-state index contributed by atoms with van der Waals surface area (Å²) >= 11 is 0. The summed E-state index contributed by atoms with van der Waals surface area (Å²) in [5, 5.41) is 9.75. The maximum Gasteiger partial charge on any atom is 0.308 e. The zero-order valence-corrected chi connectivity index (χ0v) is 8.63. The average Bonchev–Trinajstić information content (AvgIpc) is 2.46. The average molecular weight is 197 g/mol. The lowest BCUT2D eigenvalue weighted by atomic mass is 10.0. The highest BCUT2D eigenvalue weighted by molar-refractivity contribution is 5.70. The first-order valence-electron chi connectivity index (χ1n) is 4.45. The maximum absolute atomic E-state index is 10.9. The van der Waals surface area contributed by atoms with Gasteiger partial charge in [0.05, 0.1) is 19.6 Å². The van der Waals surface area contributed by atoms with E-state index in [1.807, 2.05) is 20.0 Å². The quantitative estimate of drug-likeness (QED) is 0.716. The van der Waals surface area contributed by atoms with E-state index in [0.29, 0.717) is 0 Å². The van der Waals surface area contributed by atoms with Crippen LogP contribution in [0.5, 0.6) is 0 Å². The standard InChI is InChI=1S/C10H15NO3/c1-6-5-11-7(2)10(6)8(12)4-9(13)14-3/h5,8,11-12H,4H2,1-3H3/t8-/m1/s1. The van der Waals surface area contributed by atoms with Crippen molar-refractivity contribution in [1.82, 2.24) is 4.98 Å². The summed E-state index contributed by atoms with van der Waals surface area (Å²) in [5.74, 6) is -0.405. The molecule has 1 aromatic heterocycles. The Balaban J connectivity index is 2.78. The van der Waals surface area contributed by atoms with Crippen molar-refractivity contribution in [2.75, 3.05) is 7.11 Å². The van der Waals surface area contributed by atoms with Gasteiger partial charge in [0, 0.05) is 17.5 Å². The Morgan fingerprint density at radius 1 is 1.64 bits per heavy atom. The normalized spacial score (nSPS) is 12.6. The molecule has 0 amide bonds. The van der Waals surface area contributed by atoms with Crippen molar-refractivity contribution < 1.29 is 14.6 Å². The summed E-state index contributed by atoms with van der Waals surface area (Å²) in [5.41, 5.74) is 2.63. The molecule has 0 aliphatic heterocycles. The number of H-pyrrole nitrogens is 1. The van der Waals surface area contributed by atoms with Gasteiger partial charge in [-0.25, -0.2) is 0 Å². The summed E-state index contributed by atoms with van der Waals surface area (Å²) in [4.78, 5) is 13.9. The first-order chi connectivity index (χ1) is 6.56. The minimum Gasteiger partial charge on any atom is -0.469 e. The molecule has 0 unspecified atom stereocenters. The van der Waals surface area contributed by atoms with E-state index >= 15 is 0 Å². The highest BCUT2D eigenvalue weighted by Crippen LogP contribution is 2.23. The molecule has 0 bridgehead atoms. The molecule has 1 heterocycles. The number of ether oxygens (including phenoxy) is 1. The van der Waals surface area contributed by atoms with Gasteiger partial charge >= 0.3 is 5.97 Å². The van der Waals surface area contributed by atoms with Crippen LogP contribution in [0.2, 0.25) is 0 Å². The molecule has 0 aromatic carbocycles. The second kappa shape index (κ2) is 4.28. The Kier molecular flexibility index (Phi) is 3.30. The molecule has 1 aromatic rings. The van der Waals surface area contributed by atoms with Gasteiger partial charge in [0.15, 0.2) is 0 Å². The van der Waals surface area contributed by atoms with E-state index in [1.165, 1.54) is 7.11 Å². The van der Waals surface area contributed by atoms with Crippen LogP contribution in [-0.4, -0.2) is 23.2 Å². The molecule has 14 heavy (non-hydrogen) atoms. The van der Waals surface area contributed by atoms with Gasteiger partial charge in [-0.1, -0.05) is 0 Å². The second-order valence-electron chi connectivity index (χ2n) is 3.31. The lowest BCUT2D eigenvalue weighted by Gasteiger charge is -2.10. The van der Waals surface area contributed by atoms with Crippen LogP contribution < -0.4 is 0 Å². The lowest BCUT2D eigenvalue weighted by Crippen LogP contribution is -2.09. The van der Waals surface area contributed by atoms with Crippen LogP contribution in [0, 0.1) is 13.8 Å². The first-order valence-corrected chi connectivity index (χ1v) is 4.45. The monoisotopic (exact) mass is 197 g/mol. The Bertz CT molecular complexity index is 311. The maximum atomic E-state index is 10.9. The number of carbonyl (C=O) groups is 1. The third kappa shape index (κ3) is 2.14. The van der Waals surface area contributed by atoms with Gasteiger partial charge in [0.25, 0.3) is 0 Å². The number of aromatic amines is 1. The zero-order chi connectivity index (χ0) is 10.7. The van der Waals surface area contributed by atoms with Gasteiger partial charge in [0.1, 0.15) is 0 Å². The molecule has 1 atom stereocenters. The van der Waals surface area contributed by atoms with Crippen LogP contribution >= 0.6 is 0 Å². The molecule has 78 valence electrons. The van der Waals surface area contributed by atoms with Crippen LogP contribution in [-0.2, 0) is 9.53 Å². The van der Waals surface area contributed by atoms with Gasteiger partial charge < -0.3 is 14.8 Å². The predicted molar refractivity (Wildman–Crippen MR) is 51.9 cm³/mol. The molecule has 2 N–H and O–H groups in total. The number of hydrogen-bond acceptors (Lipinski definition) is 3. The Morgan fingerprint density at radius 3 is 2.71 bits per heavy atom. The van der Waals surface area contributed by atoms with Crippen molar-refractivity contribution in [3.8, 4) is 0 Å². The highest BCUT2D eigenvalue weighted by Gasteiger charge is 2.18. The Hall–Kier alpha value is -1.29. The number of aliphatic hydroxyl groups is 1. The van der Waals surface area contributed by atoms with E-state index in [0.717, 1.165) is 16.8 Å². The Labute approximate surface area is 82.9 Å². The molecular formula is C10H15NO3. The Morgan fingerprint density at radius 2 is 2.29 bits per heavy atom. The molecule has 0 saturated heterocycles. The number of methoxy groups -OCH3 is 1. The van der Waals surface area contributed by atoms with Crippen LogP contribution in [0.3, 0.4) is 0 Å². The summed E-state index contributed by atoms with van der Waals surface area (Å²) < 4.78 is 4.49. The summed E-state index contributed by atoms with van der Waals surface area (Å²) in [7, 11) is 1.31. The highest BCUT2D eigenvalue weighted by atomic mass is 16.5. The molecule has 4 nitrogen and oxygen atoms in total. The number of aliphatic hydroxyl groups excluding tert-OH is 1. The fraction of sp³-hybridized carbons (Fsp3) is 0.500. The van der Waals surface area contributed by atoms with E-state index in [-0.39, 0.29) is 6.42 Å². The van der Waals surface area contributed by atoms with Crippen LogP contribution in [0.4, 0.5) is 0 Å². The first kappa shape index (κ1) is 10.8. The number of rotatable bonds is 3. The smallest absolute Gasteiger partial charge is 0.308 e.